The number of aliphatic hydroxyl groups excluding tert-OH is 1. The molecule has 1 heterocycles. The molecule has 0 saturated heterocycles. The minimum absolute atomic E-state index is 0.347. The van der Waals surface area contributed by atoms with Crippen LogP contribution >= 0.6 is 0 Å². The maximum atomic E-state index is 11.2. The molecule has 0 amide bonds. The van der Waals surface area contributed by atoms with Gasteiger partial charge in [0.15, 0.2) is 0 Å². The topological polar surface area (TPSA) is 76.7 Å². The first-order chi connectivity index (χ1) is 14.0. The largest absolute Gasteiger partial charge is 0.497 e. The minimum atomic E-state index is -1.03. The SMILES string of the molecule is COc1ccc(-c2cc(C3(O)CCC(O)CC3)nn2-c2ccc(OC)cc2)cc1. The van der Waals surface area contributed by atoms with E-state index in [4.69, 9.17) is 14.6 Å². The van der Waals surface area contributed by atoms with Gasteiger partial charge < -0.3 is 19.7 Å². The van der Waals surface area contributed by atoms with E-state index in [1.54, 1.807) is 14.2 Å². The lowest BCUT2D eigenvalue weighted by Crippen LogP contribution is -2.33. The Kier molecular flexibility index (Phi) is 5.30. The van der Waals surface area contributed by atoms with Gasteiger partial charge >= 0.3 is 0 Å². The van der Waals surface area contributed by atoms with Gasteiger partial charge in [0.1, 0.15) is 17.1 Å². The van der Waals surface area contributed by atoms with Crippen molar-refractivity contribution in [2.75, 3.05) is 14.2 Å². The second-order valence-corrected chi connectivity index (χ2v) is 7.52. The molecule has 6 heteroatoms. The lowest BCUT2D eigenvalue weighted by Gasteiger charge is -2.32. The van der Waals surface area contributed by atoms with Crippen LogP contribution in [0.25, 0.3) is 16.9 Å². The van der Waals surface area contributed by atoms with Crippen LogP contribution in [-0.4, -0.2) is 40.3 Å². The highest BCUT2D eigenvalue weighted by Crippen LogP contribution is 2.39. The predicted molar refractivity (Wildman–Crippen MR) is 110 cm³/mol. The van der Waals surface area contributed by atoms with Crippen LogP contribution in [0.2, 0.25) is 0 Å². The zero-order valence-electron chi connectivity index (χ0n) is 16.7. The number of aliphatic hydroxyl groups is 2. The van der Waals surface area contributed by atoms with E-state index in [0.717, 1.165) is 28.4 Å². The Labute approximate surface area is 170 Å². The molecule has 1 aliphatic carbocycles. The lowest BCUT2D eigenvalue weighted by atomic mass is 9.81. The Morgan fingerprint density at radius 2 is 1.48 bits per heavy atom. The normalized spacial score (nSPS) is 21.7. The third-order valence-corrected chi connectivity index (χ3v) is 5.67. The third kappa shape index (κ3) is 3.86. The summed E-state index contributed by atoms with van der Waals surface area (Å²) in [7, 11) is 3.28. The van der Waals surface area contributed by atoms with E-state index in [1.165, 1.54) is 0 Å². The molecule has 2 aromatic carbocycles. The quantitative estimate of drug-likeness (QED) is 0.690. The summed E-state index contributed by atoms with van der Waals surface area (Å²) in [6.45, 7) is 0. The highest BCUT2D eigenvalue weighted by Gasteiger charge is 2.37. The van der Waals surface area contributed by atoms with E-state index in [2.05, 4.69) is 0 Å². The molecule has 152 valence electrons. The molecular weight excluding hydrogens is 368 g/mol. The van der Waals surface area contributed by atoms with E-state index in [0.29, 0.717) is 31.4 Å². The summed E-state index contributed by atoms with van der Waals surface area (Å²) < 4.78 is 12.4. The van der Waals surface area contributed by atoms with Gasteiger partial charge in [-0.25, -0.2) is 4.68 Å². The van der Waals surface area contributed by atoms with Crippen molar-refractivity contribution in [1.29, 1.82) is 0 Å². The average molecular weight is 394 g/mol. The average Bonchev–Trinajstić information content (AvgIpc) is 3.22. The Hall–Kier alpha value is -2.83. The molecule has 29 heavy (non-hydrogen) atoms. The number of rotatable bonds is 5. The van der Waals surface area contributed by atoms with Gasteiger partial charge in [-0.05, 0) is 80.3 Å². The van der Waals surface area contributed by atoms with Crippen molar-refractivity contribution in [2.45, 2.75) is 37.4 Å². The van der Waals surface area contributed by atoms with Gasteiger partial charge in [-0.2, -0.15) is 5.10 Å². The summed E-state index contributed by atoms with van der Waals surface area (Å²) in [5.41, 5.74) is 2.33. The molecule has 1 aliphatic rings. The highest BCUT2D eigenvalue weighted by molar-refractivity contribution is 5.64. The van der Waals surface area contributed by atoms with E-state index in [9.17, 15) is 10.2 Å². The Bertz CT molecular complexity index is 891. The smallest absolute Gasteiger partial charge is 0.119 e. The fraction of sp³-hybridized carbons (Fsp3) is 0.348. The number of hydrogen-bond acceptors (Lipinski definition) is 5. The molecule has 0 spiro atoms. The van der Waals surface area contributed by atoms with Crippen molar-refractivity contribution in [3.63, 3.8) is 0 Å². The van der Waals surface area contributed by atoms with Crippen molar-refractivity contribution in [3.8, 4) is 28.4 Å². The third-order valence-electron chi connectivity index (χ3n) is 5.67. The van der Waals surface area contributed by atoms with Crippen LogP contribution in [0.1, 0.15) is 31.4 Å². The predicted octanol–water partition coefficient (Wildman–Crippen LogP) is 3.68. The molecule has 1 saturated carbocycles. The number of ether oxygens (including phenoxy) is 2. The van der Waals surface area contributed by atoms with Crippen molar-refractivity contribution in [2.24, 2.45) is 0 Å². The summed E-state index contributed by atoms with van der Waals surface area (Å²) in [6, 6.07) is 17.4. The van der Waals surface area contributed by atoms with Crippen molar-refractivity contribution in [1.82, 2.24) is 9.78 Å². The molecule has 3 aromatic rings. The molecule has 1 fully saturated rings. The number of aromatic nitrogens is 2. The van der Waals surface area contributed by atoms with E-state index in [-0.39, 0.29) is 6.10 Å². The number of benzene rings is 2. The molecule has 1 aromatic heterocycles. The maximum absolute atomic E-state index is 11.2. The zero-order valence-corrected chi connectivity index (χ0v) is 16.7. The summed E-state index contributed by atoms with van der Waals surface area (Å²) in [5, 5.41) is 25.9. The van der Waals surface area contributed by atoms with Crippen LogP contribution in [0.15, 0.2) is 54.6 Å². The minimum Gasteiger partial charge on any atom is -0.497 e. The van der Waals surface area contributed by atoms with Crippen molar-refractivity contribution in [3.05, 3.63) is 60.3 Å². The van der Waals surface area contributed by atoms with Crippen LogP contribution in [0.4, 0.5) is 0 Å². The second-order valence-electron chi connectivity index (χ2n) is 7.52. The van der Waals surface area contributed by atoms with E-state index in [1.807, 2.05) is 59.3 Å². The molecule has 0 atom stereocenters. The molecule has 6 nitrogen and oxygen atoms in total. The van der Waals surface area contributed by atoms with Crippen LogP contribution in [0.3, 0.4) is 0 Å². The standard InChI is InChI=1S/C23H26N2O4/c1-28-19-7-3-16(4-8-19)21-15-22(23(27)13-11-18(26)12-14-23)24-25(21)17-5-9-20(29-2)10-6-17/h3-10,15,18,26-27H,11-14H2,1-2H3. The summed E-state index contributed by atoms with van der Waals surface area (Å²) >= 11 is 0. The molecule has 0 bridgehead atoms. The number of methoxy groups -OCH3 is 2. The highest BCUT2D eigenvalue weighted by atomic mass is 16.5. The van der Waals surface area contributed by atoms with Crippen LogP contribution in [0.5, 0.6) is 11.5 Å². The van der Waals surface area contributed by atoms with E-state index < -0.39 is 5.60 Å². The zero-order chi connectivity index (χ0) is 20.4. The fourth-order valence-electron chi connectivity index (χ4n) is 3.83. The van der Waals surface area contributed by atoms with Crippen LogP contribution < -0.4 is 9.47 Å². The molecule has 2 N–H and O–H groups in total. The first kappa shape index (κ1) is 19.5. The van der Waals surface area contributed by atoms with Gasteiger partial charge in [0, 0.05) is 5.56 Å². The summed E-state index contributed by atoms with van der Waals surface area (Å²) in [6.07, 6.45) is 1.79. The Balaban J connectivity index is 1.79. The Morgan fingerprint density at radius 3 is 2.03 bits per heavy atom. The number of nitrogens with zero attached hydrogens (tertiary/aromatic N) is 2. The maximum Gasteiger partial charge on any atom is 0.119 e. The summed E-state index contributed by atoms with van der Waals surface area (Å²) in [5.74, 6) is 1.55. The number of hydrogen-bond donors (Lipinski definition) is 2. The molecular formula is C23H26N2O4. The molecule has 0 unspecified atom stereocenters. The molecule has 0 aliphatic heterocycles. The second kappa shape index (κ2) is 7.89. The van der Waals surface area contributed by atoms with Gasteiger partial charge in [0.2, 0.25) is 0 Å². The van der Waals surface area contributed by atoms with Crippen LogP contribution in [-0.2, 0) is 5.60 Å². The van der Waals surface area contributed by atoms with Crippen LogP contribution in [0, 0.1) is 0 Å². The van der Waals surface area contributed by atoms with Gasteiger partial charge in [-0.3, -0.25) is 0 Å². The van der Waals surface area contributed by atoms with Gasteiger partial charge in [-0.1, -0.05) is 0 Å². The fourth-order valence-corrected chi connectivity index (χ4v) is 3.83. The van der Waals surface area contributed by atoms with Crippen molar-refractivity contribution >= 4 is 0 Å². The van der Waals surface area contributed by atoms with Crippen molar-refractivity contribution < 1.29 is 19.7 Å². The Morgan fingerprint density at radius 1 is 0.931 bits per heavy atom. The summed E-state index contributed by atoms with van der Waals surface area (Å²) in [4.78, 5) is 0. The molecule has 0 radical (unpaired) electrons. The first-order valence-electron chi connectivity index (χ1n) is 9.82. The first-order valence-corrected chi connectivity index (χ1v) is 9.82. The molecule has 4 rings (SSSR count). The van der Waals surface area contributed by atoms with Gasteiger partial charge in [-0.15, -0.1) is 0 Å². The lowest BCUT2D eigenvalue weighted by molar-refractivity contribution is -0.0393. The van der Waals surface area contributed by atoms with Gasteiger partial charge in [0.05, 0.1) is 37.4 Å². The van der Waals surface area contributed by atoms with E-state index >= 15 is 0 Å². The van der Waals surface area contributed by atoms with Gasteiger partial charge in [0.25, 0.3) is 0 Å². The monoisotopic (exact) mass is 394 g/mol.